The van der Waals surface area contributed by atoms with Crippen LogP contribution in [0.15, 0.2) is 24.3 Å². The third kappa shape index (κ3) is 4.50. The third-order valence-corrected chi connectivity index (χ3v) is 2.53. The highest BCUT2D eigenvalue weighted by atomic mass is 31.2. The molecule has 2 atom stereocenters. The van der Waals surface area contributed by atoms with Gasteiger partial charge in [-0.05, 0) is 12.5 Å². The van der Waals surface area contributed by atoms with Gasteiger partial charge in [-0.15, -0.1) is 0 Å². The maximum Gasteiger partial charge on any atom is 0.419 e. The molecule has 0 heterocycles. The molecular weight excluding hydrogens is 256 g/mol. The highest BCUT2D eigenvalue weighted by Gasteiger charge is 2.43. The van der Waals surface area contributed by atoms with E-state index in [0.29, 0.717) is 12.2 Å². The molecule has 1 aromatic carbocycles. The van der Waals surface area contributed by atoms with Gasteiger partial charge in [0.05, 0.1) is 0 Å². The zero-order chi connectivity index (χ0) is 13.3. The fourth-order valence-corrected chi connectivity index (χ4v) is 1.96. The van der Waals surface area contributed by atoms with Gasteiger partial charge in [-0.1, -0.05) is 29.8 Å². The van der Waals surface area contributed by atoms with Crippen LogP contribution in [-0.2, 0) is 9.09 Å². The number of aryl methyl sites for hydroxylation is 1. The van der Waals surface area contributed by atoms with Crippen LogP contribution in [0.4, 0.5) is 13.2 Å². The molecule has 0 saturated heterocycles. The molecule has 0 N–H and O–H groups in total. The quantitative estimate of drug-likeness (QED) is 0.791. The Morgan fingerprint density at radius 2 is 2.00 bits per heavy atom. The first-order valence-electron chi connectivity index (χ1n) is 4.70. The second-order valence-corrected chi connectivity index (χ2v) is 5.47. The first-order valence-corrected chi connectivity index (χ1v) is 6.69. The minimum atomic E-state index is -4.77. The molecule has 7 heteroatoms. The fraction of sp³-hybridized carbons (Fsp3) is 0.400. The lowest BCUT2D eigenvalue weighted by atomic mass is 10.1. The van der Waals surface area contributed by atoms with E-state index in [-0.39, 0.29) is 5.56 Å². The minimum Gasteiger partial charge on any atom is -0.779 e. The van der Waals surface area contributed by atoms with E-state index in [0.717, 1.165) is 0 Å². The van der Waals surface area contributed by atoms with E-state index in [4.69, 9.17) is 0 Å². The fourth-order valence-electron chi connectivity index (χ4n) is 1.33. The molecule has 0 bridgehead atoms. The maximum absolute atomic E-state index is 12.7. The second kappa shape index (κ2) is 4.80. The average molecular weight is 267 g/mol. The summed E-state index contributed by atoms with van der Waals surface area (Å²) >= 11 is 0. The predicted octanol–water partition coefficient (Wildman–Crippen LogP) is 2.80. The SMILES string of the molecule is Cc1cccc([C@@H](OP(C)(=O)[O-])C(F)(F)F)c1. The summed E-state index contributed by atoms with van der Waals surface area (Å²) in [6, 6.07) is 5.45. The monoisotopic (exact) mass is 267 g/mol. The summed E-state index contributed by atoms with van der Waals surface area (Å²) in [4.78, 5) is 10.9. The molecule has 1 rings (SSSR count). The average Bonchev–Trinajstić information content (AvgIpc) is 2.11. The standard InChI is InChI=1S/C10H12F3O3P/c1-7-4-3-5-8(6-7)9(10(11,12)13)16-17(2,14)15/h3-6,9H,1-2H3,(H,14,15)/p-1/t9-/m1/s1. The molecule has 0 spiro atoms. The smallest absolute Gasteiger partial charge is 0.419 e. The highest BCUT2D eigenvalue weighted by molar-refractivity contribution is 7.50. The molecule has 0 fully saturated rings. The van der Waals surface area contributed by atoms with E-state index in [1.165, 1.54) is 18.2 Å². The van der Waals surface area contributed by atoms with Gasteiger partial charge in [0.25, 0.3) is 0 Å². The predicted molar refractivity (Wildman–Crippen MR) is 54.6 cm³/mol. The summed E-state index contributed by atoms with van der Waals surface area (Å²) in [7, 11) is -4.47. The largest absolute Gasteiger partial charge is 0.779 e. The Hall–Kier alpha value is -0.840. The molecule has 0 aliphatic carbocycles. The Bertz CT molecular complexity index is 439. The van der Waals surface area contributed by atoms with Crippen LogP contribution in [0.1, 0.15) is 17.2 Å². The minimum absolute atomic E-state index is 0.226. The third-order valence-electron chi connectivity index (χ3n) is 1.94. The van der Waals surface area contributed by atoms with Crippen LogP contribution in [0, 0.1) is 6.92 Å². The maximum atomic E-state index is 12.7. The number of alkyl halides is 3. The molecule has 0 saturated carbocycles. The van der Waals surface area contributed by atoms with Gasteiger partial charge in [0.1, 0.15) is 7.60 Å². The van der Waals surface area contributed by atoms with E-state index in [2.05, 4.69) is 4.52 Å². The van der Waals surface area contributed by atoms with Crippen LogP contribution in [0.5, 0.6) is 0 Å². The summed E-state index contributed by atoms with van der Waals surface area (Å²) in [5.41, 5.74) is 0.368. The molecule has 0 amide bonds. The molecule has 0 aliphatic rings. The first-order chi connectivity index (χ1) is 7.59. The Kier molecular flexibility index (Phi) is 4.02. The van der Waals surface area contributed by atoms with E-state index in [1.807, 2.05) is 0 Å². The molecule has 96 valence electrons. The zero-order valence-electron chi connectivity index (χ0n) is 9.19. The van der Waals surface area contributed by atoms with Crippen molar-refractivity contribution in [1.82, 2.24) is 0 Å². The summed E-state index contributed by atoms with van der Waals surface area (Å²) in [6.07, 6.45) is -7.22. The van der Waals surface area contributed by atoms with E-state index in [9.17, 15) is 22.6 Å². The molecular formula is C10H11F3O3P-. The Morgan fingerprint density at radius 1 is 1.41 bits per heavy atom. The van der Waals surface area contributed by atoms with Gasteiger partial charge in [-0.3, -0.25) is 0 Å². The summed E-state index contributed by atoms with van der Waals surface area (Å²) in [6.45, 7) is 2.22. The second-order valence-electron chi connectivity index (χ2n) is 3.71. The Labute approximate surface area is 96.8 Å². The normalized spacial score (nSPS) is 17.5. The Balaban J connectivity index is 3.12. The molecule has 1 aromatic rings. The van der Waals surface area contributed by atoms with Crippen LogP contribution in [0.2, 0.25) is 0 Å². The zero-order valence-corrected chi connectivity index (χ0v) is 10.1. The molecule has 0 aromatic heterocycles. The summed E-state index contributed by atoms with van der Waals surface area (Å²) in [5.74, 6) is 0. The lowest BCUT2D eigenvalue weighted by Crippen LogP contribution is -2.24. The van der Waals surface area contributed by atoms with Crippen molar-refractivity contribution in [2.24, 2.45) is 0 Å². The van der Waals surface area contributed by atoms with Gasteiger partial charge in [0.2, 0.25) is 0 Å². The van der Waals surface area contributed by atoms with Crippen molar-refractivity contribution in [1.29, 1.82) is 0 Å². The van der Waals surface area contributed by atoms with Gasteiger partial charge in [0, 0.05) is 6.66 Å². The molecule has 0 aliphatic heterocycles. The molecule has 17 heavy (non-hydrogen) atoms. The highest BCUT2D eigenvalue weighted by Crippen LogP contribution is 2.46. The van der Waals surface area contributed by atoms with Crippen molar-refractivity contribution >= 4 is 7.60 Å². The number of benzene rings is 1. The first kappa shape index (κ1) is 14.2. The van der Waals surface area contributed by atoms with E-state index in [1.54, 1.807) is 13.0 Å². The number of hydrogen-bond acceptors (Lipinski definition) is 3. The van der Waals surface area contributed by atoms with Gasteiger partial charge >= 0.3 is 6.18 Å². The van der Waals surface area contributed by atoms with Gasteiger partial charge in [-0.25, -0.2) is 0 Å². The van der Waals surface area contributed by atoms with Crippen molar-refractivity contribution < 1.29 is 27.2 Å². The van der Waals surface area contributed by atoms with Crippen molar-refractivity contribution in [2.75, 3.05) is 6.66 Å². The van der Waals surface area contributed by atoms with Crippen LogP contribution < -0.4 is 4.89 Å². The van der Waals surface area contributed by atoms with Gasteiger partial charge < -0.3 is 14.0 Å². The molecule has 3 nitrogen and oxygen atoms in total. The number of halogens is 3. The van der Waals surface area contributed by atoms with Crippen molar-refractivity contribution in [3.05, 3.63) is 35.4 Å². The molecule has 0 radical (unpaired) electrons. The van der Waals surface area contributed by atoms with Crippen LogP contribution in [0.25, 0.3) is 0 Å². The topological polar surface area (TPSA) is 49.4 Å². The van der Waals surface area contributed by atoms with Crippen LogP contribution in [0.3, 0.4) is 0 Å². The van der Waals surface area contributed by atoms with Crippen molar-refractivity contribution in [2.45, 2.75) is 19.2 Å². The van der Waals surface area contributed by atoms with E-state index < -0.39 is 19.9 Å². The number of rotatable bonds is 3. The number of hydrogen-bond donors (Lipinski definition) is 0. The lowest BCUT2D eigenvalue weighted by molar-refractivity contribution is -0.239. The van der Waals surface area contributed by atoms with Crippen molar-refractivity contribution in [3.63, 3.8) is 0 Å². The van der Waals surface area contributed by atoms with Crippen LogP contribution >= 0.6 is 7.60 Å². The van der Waals surface area contributed by atoms with Crippen molar-refractivity contribution in [3.8, 4) is 0 Å². The van der Waals surface area contributed by atoms with Gasteiger partial charge in [-0.2, -0.15) is 13.2 Å². The van der Waals surface area contributed by atoms with Crippen LogP contribution in [-0.4, -0.2) is 12.8 Å². The Morgan fingerprint density at radius 3 is 2.41 bits per heavy atom. The molecule has 1 unspecified atom stereocenters. The lowest BCUT2D eigenvalue weighted by Gasteiger charge is -2.27. The summed E-state index contributed by atoms with van der Waals surface area (Å²) in [5, 5.41) is 0. The summed E-state index contributed by atoms with van der Waals surface area (Å²) < 4.78 is 53.0. The van der Waals surface area contributed by atoms with E-state index >= 15 is 0 Å². The van der Waals surface area contributed by atoms with Gasteiger partial charge in [0.15, 0.2) is 6.10 Å².